The van der Waals surface area contributed by atoms with Crippen LogP contribution in [0, 0.1) is 0 Å². The molecule has 0 aromatic rings. The molecule has 0 aliphatic carbocycles. The maximum Gasteiger partial charge on any atom is 0 e. The summed E-state index contributed by atoms with van der Waals surface area (Å²) in [6, 6.07) is 0. The van der Waals surface area contributed by atoms with E-state index in [1.165, 1.54) is 0 Å². The van der Waals surface area contributed by atoms with Crippen LogP contribution in [-0.4, -0.2) is 78.0 Å². The van der Waals surface area contributed by atoms with E-state index in [0.717, 1.165) is 0 Å². The molecule has 0 unspecified atom stereocenters. The van der Waals surface area contributed by atoms with E-state index in [4.69, 9.17) is 20.4 Å². The molecule has 0 bridgehead atoms. The smallest absolute Gasteiger partial charge is 0 e. The van der Waals surface area contributed by atoms with Crippen molar-refractivity contribution in [3.05, 3.63) is 0 Å². The van der Waals surface area contributed by atoms with Crippen LogP contribution in [0.1, 0.15) is 27.7 Å². The number of hydrogen-bond donors (Lipinski definition) is 0. The summed E-state index contributed by atoms with van der Waals surface area (Å²) in [6.45, 7) is 6.28. The molecule has 4 nitrogen and oxygen atoms in total. The van der Waals surface area contributed by atoms with Gasteiger partial charge in [0.25, 0.3) is 0 Å². The van der Waals surface area contributed by atoms with Gasteiger partial charge in [-0.2, -0.15) is 0 Å². The van der Waals surface area contributed by atoms with Gasteiger partial charge in [-0.05, 0) is 0 Å². The molecule has 0 heterocycles. The molecule has 0 aliphatic heterocycles. The van der Waals surface area contributed by atoms with Gasteiger partial charge in [-0.15, -0.1) is 26.4 Å². The second-order valence-electron chi connectivity index (χ2n) is 1.23. The zero-order chi connectivity index (χ0) is 13.5. The topological polar surface area (TPSA) is 92.2 Å². The summed E-state index contributed by atoms with van der Waals surface area (Å²) in [5, 5.41) is 35.7. The monoisotopic (exact) mass is 440 g/mol. The van der Waals surface area contributed by atoms with Gasteiger partial charge in [-0.3, -0.25) is 0 Å². The van der Waals surface area contributed by atoms with E-state index in [1.807, 2.05) is 0 Å². The normalized spacial score (nSPS) is 5.29. The number of rotatable bonds is 0. The Labute approximate surface area is 133 Å². The molecule has 9 heteroatoms. The summed E-state index contributed by atoms with van der Waals surface area (Å²) >= 11 is -2.50. The Hall–Kier alpha value is 1.33. The molecule has 0 N–H and O–H groups in total. The minimum atomic E-state index is -2.50. The van der Waals surface area contributed by atoms with Gasteiger partial charge in [-0.25, -0.2) is 0 Å². The zero-order valence-corrected chi connectivity index (χ0v) is 17.0. The third kappa shape index (κ3) is 2310. The summed E-state index contributed by atoms with van der Waals surface area (Å²) in [5.41, 5.74) is 0. The second-order valence-corrected chi connectivity index (χ2v) is 1.53. The minimum absolute atomic E-state index is 0. The van der Waals surface area contributed by atoms with Gasteiger partial charge in [0, 0.05) is 35.2 Å². The minimum Gasteiger partial charge on any atom is 0 e. The third-order valence-electron chi connectivity index (χ3n) is 0. The first-order valence-electron chi connectivity index (χ1n) is 4.36. The maximum absolute atomic E-state index is 9.75. The summed E-state index contributed by atoms with van der Waals surface area (Å²) in [4.78, 5) is 0. The van der Waals surface area contributed by atoms with Crippen LogP contribution in [0.4, 0.5) is 7.00 Å². The maximum atomic E-state index is 9.75. The molecule has 106 valence electrons. The quantitative estimate of drug-likeness (QED) is 0.383. The van der Waals surface area contributed by atoms with Crippen LogP contribution in [-0.2, 0) is 0 Å². The van der Waals surface area contributed by atoms with E-state index in [2.05, 4.69) is 0 Å². The first-order chi connectivity index (χ1) is 7.07. The Morgan fingerprint density at radius 3 is 0.647 bits per heavy atom. The first-order valence-corrected chi connectivity index (χ1v) is 5.95. The van der Waals surface area contributed by atoms with Gasteiger partial charge in [0.1, 0.15) is 0 Å². The van der Waals surface area contributed by atoms with Crippen molar-refractivity contribution < 1.29 is 27.4 Å². The zero-order valence-electron chi connectivity index (χ0n) is 10.7. The van der Waals surface area contributed by atoms with Crippen molar-refractivity contribution in [2.75, 3.05) is 26.4 Å². The van der Waals surface area contributed by atoms with Gasteiger partial charge in [-0.1, -0.05) is 27.7 Å². The van der Waals surface area contributed by atoms with Crippen molar-refractivity contribution in [1.82, 2.24) is 0 Å². The molecule has 0 fully saturated rings. The molecule has 0 saturated heterocycles. The van der Waals surface area contributed by atoms with E-state index in [0.29, 0.717) is 0 Å². The molecule has 0 aliphatic rings. The SMILES string of the molecule is CC[O-].CC[O-].CC[O-].CC[O-].[F][Ge][F].[Ge].[Ge]. The fourth-order valence-electron chi connectivity index (χ4n) is 0. The van der Waals surface area contributed by atoms with Crippen LogP contribution < -0.4 is 20.4 Å². The third-order valence-corrected chi connectivity index (χ3v) is 0. The Bertz CT molecular complexity index is 42.3. The molecule has 0 aromatic heterocycles. The molecular formula is C8H20F2Ge3O4-4. The van der Waals surface area contributed by atoms with Crippen molar-refractivity contribution in [2.45, 2.75) is 27.7 Å². The second kappa shape index (κ2) is 115. The summed E-state index contributed by atoms with van der Waals surface area (Å²) in [6.07, 6.45) is 0. The van der Waals surface area contributed by atoms with Crippen LogP contribution in [0.15, 0.2) is 0 Å². The van der Waals surface area contributed by atoms with Crippen molar-refractivity contribution in [3.8, 4) is 0 Å². The van der Waals surface area contributed by atoms with E-state index >= 15 is 0 Å². The van der Waals surface area contributed by atoms with E-state index in [1.54, 1.807) is 27.7 Å². The molecule has 17 heavy (non-hydrogen) atoms. The Morgan fingerprint density at radius 2 is 0.647 bits per heavy atom. The van der Waals surface area contributed by atoms with Gasteiger partial charge in [0.2, 0.25) is 0 Å². The summed E-state index contributed by atoms with van der Waals surface area (Å²) in [5.74, 6) is 0. The Balaban J connectivity index is -0.0000000143. The molecule has 0 rings (SSSR count). The predicted octanol–water partition coefficient (Wildman–Crippen LogP) is -2.84. The van der Waals surface area contributed by atoms with Gasteiger partial charge < -0.3 is 20.4 Å². The van der Waals surface area contributed by atoms with Crippen LogP contribution in [0.5, 0.6) is 0 Å². The van der Waals surface area contributed by atoms with E-state index < -0.39 is 16.4 Å². The van der Waals surface area contributed by atoms with Crippen LogP contribution in [0.2, 0.25) is 0 Å². The summed E-state index contributed by atoms with van der Waals surface area (Å²) < 4.78 is 19.5. The van der Waals surface area contributed by atoms with Gasteiger partial charge in [0.15, 0.2) is 0 Å². The Morgan fingerprint density at radius 1 is 0.647 bits per heavy atom. The fourth-order valence-corrected chi connectivity index (χ4v) is 0. The molecule has 0 atom stereocenters. The van der Waals surface area contributed by atoms with Crippen LogP contribution in [0.3, 0.4) is 0 Å². The largest absolute Gasteiger partial charge is 0 e. The predicted molar refractivity (Wildman–Crippen MR) is 61.6 cm³/mol. The van der Waals surface area contributed by atoms with Crippen molar-refractivity contribution in [2.24, 2.45) is 0 Å². The molecule has 0 spiro atoms. The van der Waals surface area contributed by atoms with Crippen molar-refractivity contribution in [1.29, 1.82) is 0 Å². The van der Waals surface area contributed by atoms with Crippen LogP contribution in [0.25, 0.3) is 0 Å². The van der Waals surface area contributed by atoms with Gasteiger partial charge in [0.05, 0.1) is 0 Å². The first kappa shape index (κ1) is 42.9. The average Bonchev–Trinajstić information content (AvgIpc) is 2.09. The molecular weight excluding hydrogens is 416 g/mol. The van der Waals surface area contributed by atoms with Crippen molar-refractivity contribution >= 4 is 51.6 Å². The summed E-state index contributed by atoms with van der Waals surface area (Å²) in [7, 11) is 0. The number of halogens is 2. The molecule has 0 aromatic carbocycles. The molecule has 0 amide bonds. The van der Waals surface area contributed by atoms with Crippen molar-refractivity contribution in [3.63, 3.8) is 0 Å². The average molecular weight is 436 g/mol. The standard InChI is InChI=1S/4C2H5O.F2Ge.2Ge/c4*1-2-3;1-3-2;;/h4*2H2,1H3;;;/q4*-1;;;. The molecule has 0 saturated carbocycles. The van der Waals surface area contributed by atoms with Crippen LogP contribution >= 0.6 is 0 Å². The number of hydrogen-bond acceptors (Lipinski definition) is 4. The Kier molecular flexibility index (Phi) is 291. The fraction of sp³-hybridized carbons (Fsp3) is 1.00. The van der Waals surface area contributed by atoms with E-state index in [9.17, 15) is 7.00 Å². The molecule has 10 radical (unpaired) electrons. The van der Waals surface area contributed by atoms with Gasteiger partial charge >= 0.3 is 23.4 Å². The van der Waals surface area contributed by atoms with E-state index in [-0.39, 0.29) is 61.6 Å².